The van der Waals surface area contributed by atoms with Crippen molar-refractivity contribution < 1.29 is 18.3 Å². The predicted octanol–water partition coefficient (Wildman–Crippen LogP) is 2.48. The Morgan fingerprint density at radius 1 is 1.12 bits per heavy atom. The van der Waals surface area contributed by atoms with E-state index in [-0.39, 0.29) is 0 Å². The molecule has 0 spiro atoms. The summed E-state index contributed by atoms with van der Waals surface area (Å²) in [7, 11) is 0. The molecule has 16 heavy (non-hydrogen) atoms. The third-order valence-corrected chi connectivity index (χ3v) is 2.36. The Hall–Kier alpha value is -1.07. The Balaban J connectivity index is 2.96. The molecule has 2 nitrogen and oxygen atoms in total. The maximum Gasteiger partial charge on any atom is 0.416 e. The summed E-state index contributed by atoms with van der Waals surface area (Å²) >= 11 is 0. The topological polar surface area (TPSA) is 46.2 Å². The zero-order chi connectivity index (χ0) is 12.6. The molecule has 3 N–H and O–H groups in total. The minimum Gasteiger partial charge on any atom is -0.388 e. The first-order valence-electron chi connectivity index (χ1n) is 4.77. The zero-order valence-corrected chi connectivity index (χ0v) is 9.05. The standard InChI is InChI=1S/C11H14F3NO/c1-10(2,16)9(15)7-3-5-8(6-4-7)11(12,13)14/h3-6,9,16H,15H2,1-2H3/t9-/m0/s1. The molecule has 1 aromatic carbocycles. The van der Waals surface area contributed by atoms with Gasteiger partial charge in [0.2, 0.25) is 0 Å². The van der Waals surface area contributed by atoms with Crippen LogP contribution in [0.5, 0.6) is 0 Å². The third kappa shape index (κ3) is 2.96. The van der Waals surface area contributed by atoms with Crippen molar-refractivity contribution in [1.29, 1.82) is 0 Å². The molecular formula is C11H14F3NO. The van der Waals surface area contributed by atoms with Gasteiger partial charge in [-0.2, -0.15) is 13.2 Å². The van der Waals surface area contributed by atoms with Crippen molar-refractivity contribution in [2.45, 2.75) is 31.7 Å². The molecule has 0 aliphatic rings. The lowest BCUT2D eigenvalue weighted by atomic mass is 9.92. The highest BCUT2D eigenvalue weighted by Crippen LogP contribution is 2.31. The molecule has 0 bridgehead atoms. The monoisotopic (exact) mass is 233 g/mol. The molecule has 0 heterocycles. The molecule has 1 aromatic rings. The fourth-order valence-electron chi connectivity index (χ4n) is 1.29. The van der Waals surface area contributed by atoms with Crippen molar-refractivity contribution in [2.24, 2.45) is 5.73 Å². The lowest BCUT2D eigenvalue weighted by Crippen LogP contribution is -2.35. The molecule has 0 aliphatic heterocycles. The molecule has 0 unspecified atom stereocenters. The smallest absolute Gasteiger partial charge is 0.388 e. The zero-order valence-electron chi connectivity index (χ0n) is 9.05. The summed E-state index contributed by atoms with van der Waals surface area (Å²) in [6.07, 6.45) is -4.35. The third-order valence-electron chi connectivity index (χ3n) is 2.36. The van der Waals surface area contributed by atoms with E-state index in [1.165, 1.54) is 26.0 Å². The van der Waals surface area contributed by atoms with E-state index in [0.717, 1.165) is 12.1 Å². The van der Waals surface area contributed by atoms with Crippen molar-refractivity contribution in [2.75, 3.05) is 0 Å². The van der Waals surface area contributed by atoms with Crippen LogP contribution in [-0.4, -0.2) is 10.7 Å². The van der Waals surface area contributed by atoms with Crippen LogP contribution in [0.3, 0.4) is 0 Å². The average Bonchev–Trinajstić information content (AvgIpc) is 2.14. The Labute approximate surface area is 91.9 Å². The van der Waals surface area contributed by atoms with Gasteiger partial charge in [0, 0.05) is 0 Å². The molecule has 0 aromatic heterocycles. The van der Waals surface area contributed by atoms with Crippen LogP contribution in [0.1, 0.15) is 31.0 Å². The first-order chi connectivity index (χ1) is 7.12. The largest absolute Gasteiger partial charge is 0.416 e. The van der Waals surface area contributed by atoms with E-state index >= 15 is 0 Å². The molecule has 90 valence electrons. The van der Waals surface area contributed by atoms with E-state index in [2.05, 4.69) is 0 Å². The van der Waals surface area contributed by atoms with Gasteiger partial charge in [0.15, 0.2) is 0 Å². The second-order valence-corrected chi connectivity index (χ2v) is 4.25. The minimum absolute atomic E-state index is 0.473. The highest BCUT2D eigenvalue weighted by molar-refractivity contribution is 5.27. The van der Waals surface area contributed by atoms with Crippen LogP contribution in [0.2, 0.25) is 0 Å². The molecule has 1 atom stereocenters. The number of aliphatic hydroxyl groups is 1. The minimum atomic E-state index is -4.35. The maximum atomic E-state index is 12.3. The average molecular weight is 233 g/mol. The SMILES string of the molecule is CC(C)(O)[C@@H](N)c1ccc(C(F)(F)F)cc1. The summed E-state index contributed by atoms with van der Waals surface area (Å²) in [5.74, 6) is 0. The van der Waals surface area contributed by atoms with Gasteiger partial charge in [-0.05, 0) is 31.5 Å². The second-order valence-electron chi connectivity index (χ2n) is 4.25. The highest BCUT2D eigenvalue weighted by Gasteiger charge is 2.31. The fourth-order valence-corrected chi connectivity index (χ4v) is 1.29. The van der Waals surface area contributed by atoms with E-state index in [4.69, 9.17) is 5.73 Å². The first kappa shape index (κ1) is 13.0. The molecule has 0 saturated heterocycles. The molecule has 1 rings (SSSR count). The van der Waals surface area contributed by atoms with Gasteiger partial charge in [-0.1, -0.05) is 12.1 Å². The highest BCUT2D eigenvalue weighted by atomic mass is 19.4. The van der Waals surface area contributed by atoms with Gasteiger partial charge in [-0.15, -0.1) is 0 Å². The Bertz CT molecular complexity index is 351. The Kier molecular flexibility index (Phi) is 3.30. The predicted molar refractivity (Wildman–Crippen MR) is 54.7 cm³/mol. The van der Waals surface area contributed by atoms with E-state index in [1.54, 1.807) is 0 Å². The maximum absolute atomic E-state index is 12.3. The van der Waals surface area contributed by atoms with Gasteiger partial charge in [0.05, 0.1) is 17.2 Å². The fraction of sp³-hybridized carbons (Fsp3) is 0.455. The van der Waals surface area contributed by atoms with Crippen molar-refractivity contribution in [3.05, 3.63) is 35.4 Å². The molecule has 0 amide bonds. The number of halogens is 3. The van der Waals surface area contributed by atoms with Crippen LogP contribution in [0.25, 0.3) is 0 Å². The van der Waals surface area contributed by atoms with Gasteiger partial charge in [0.1, 0.15) is 0 Å². The first-order valence-corrected chi connectivity index (χ1v) is 4.77. The van der Waals surface area contributed by atoms with E-state index < -0.39 is 23.4 Å². The second kappa shape index (κ2) is 4.07. The number of nitrogens with two attached hydrogens (primary N) is 1. The summed E-state index contributed by atoms with van der Waals surface area (Å²) in [5.41, 5.74) is 4.28. The lowest BCUT2D eigenvalue weighted by Gasteiger charge is -2.26. The van der Waals surface area contributed by atoms with E-state index in [0.29, 0.717) is 5.56 Å². The number of rotatable bonds is 2. The van der Waals surface area contributed by atoms with Crippen LogP contribution in [0.15, 0.2) is 24.3 Å². The normalized spacial score (nSPS) is 14.9. The lowest BCUT2D eigenvalue weighted by molar-refractivity contribution is -0.137. The van der Waals surface area contributed by atoms with Crippen molar-refractivity contribution in [1.82, 2.24) is 0 Å². The van der Waals surface area contributed by atoms with Crippen LogP contribution in [0.4, 0.5) is 13.2 Å². The Morgan fingerprint density at radius 2 is 1.56 bits per heavy atom. The quantitative estimate of drug-likeness (QED) is 0.824. The van der Waals surface area contributed by atoms with Crippen molar-refractivity contribution in [3.8, 4) is 0 Å². The summed E-state index contributed by atoms with van der Waals surface area (Å²) in [6, 6.07) is 3.77. The van der Waals surface area contributed by atoms with Crippen LogP contribution < -0.4 is 5.73 Å². The van der Waals surface area contributed by atoms with Crippen molar-refractivity contribution >= 4 is 0 Å². The summed E-state index contributed by atoms with van der Waals surface area (Å²) in [4.78, 5) is 0. The van der Waals surface area contributed by atoms with Crippen molar-refractivity contribution in [3.63, 3.8) is 0 Å². The molecule has 0 radical (unpaired) electrons. The van der Waals surface area contributed by atoms with Crippen LogP contribution in [-0.2, 0) is 6.18 Å². The van der Waals surface area contributed by atoms with Gasteiger partial charge >= 0.3 is 6.18 Å². The molecule has 0 saturated carbocycles. The van der Waals surface area contributed by atoms with E-state index in [9.17, 15) is 18.3 Å². The number of hydrogen-bond donors (Lipinski definition) is 2. The van der Waals surface area contributed by atoms with E-state index in [1.807, 2.05) is 0 Å². The van der Waals surface area contributed by atoms with Crippen LogP contribution in [0, 0.1) is 0 Å². The summed E-state index contributed by atoms with van der Waals surface area (Å²) < 4.78 is 36.8. The summed E-state index contributed by atoms with van der Waals surface area (Å²) in [5, 5.41) is 9.62. The Morgan fingerprint density at radius 3 is 1.88 bits per heavy atom. The van der Waals surface area contributed by atoms with Gasteiger partial charge in [-0.25, -0.2) is 0 Å². The molecular weight excluding hydrogens is 219 g/mol. The number of benzene rings is 1. The van der Waals surface area contributed by atoms with Gasteiger partial charge in [-0.3, -0.25) is 0 Å². The van der Waals surface area contributed by atoms with Gasteiger partial charge < -0.3 is 10.8 Å². The van der Waals surface area contributed by atoms with Gasteiger partial charge in [0.25, 0.3) is 0 Å². The molecule has 0 aliphatic carbocycles. The summed E-state index contributed by atoms with van der Waals surface area (Å²) in [6.45, 7) is 3.02. The number of hydrogen-bond acceptors (Lipinski definition) is 2. The van der Waals surface area contributed by atoms with Crippen LogP contribution >= 0.6 is 0 Å². The molecule has 0 fully saturated rings. The number of alkyl halides is 3. The molecule has 5 heteroatoms.